The minimum Gasteiger partial charge on any atom is -0.496 e. The molecule has 0 saturated carbocycles. The van der Waals surface area contributed by atoms with Gasteiger partial charge in [0.2, 0.25) is 0 Å². The molecule has 2 N–H and O–H groups in total. The van der Waals surface area contributed by atoms with Gasteiger partial charge in [-0.2, -0.15) is 0 Å². The molecular weight excluding hydrogens is 417 g/mol. The van der Waals surface area contributed by atoms with Crippen molar-refractivity contribution in [3.8, 4) is 5.75 Å². The van der Waals surface area contributed by atoms with Gasteiger partial charge in [0, 0.05) is 26.2 Å². The van der Waals surface area contributed by atoms with E-state index in [1.807, 2.05) is 0 Å². The first-order valence-corrected chi connectivity index (χ1v) is 8.49. The Morgan fingerprint density at radius 3 is 2.71 bits per heavy atom. The van der Waals surface area contributed by atoms with Crippen molar-refractivity contribution in [2.45, 2.75) is 39.2 Å². The minimum atomic E-state index is -0.158. The predicted octanol–water partition coefficient (Wildman–Crippen LogP) is 2.59. The number of aliphatic imine (C=N–C) groups is 1. The van der Waals surface area contributed by atoms with Gasteiger partial charge in [0.1, 0.15) is 5.75 Å². The van der Waals surface area contributed by atoms with Crippen molar-refractivity contribution in [3.05, 3.63) is 29.3 Å². The van der Waals surface area contributed by atoms with Crippen molar-refractivity contribution in [1.82, 2.24) is 10.2 Å². The van der Waals surface area contributed by atoms with Crippen LogP contribution in [0.15, 0.2) is 23.2 Å². The number of aliphatic hydroxyl groups excluding tert-OH is 1. The Balaban J connectivity index is 0.00000288. The van der Waals surface area contributed by atoms with Gasteiger partial charge >= 0.3 is 0 Å². The average Bonchev–Trinajstić information content (AvgIpc) is 2.56. The van der Waals surface area contributed by atoms with Crippen LogP contribution in [0.4, 0.5) is 0 Å². The predicted molar refractivity (Wildman–Crippen MR) is 110 cm³/mol. The van der Waals surface area contributed by atoms with Gasteiger partial charge in [-0.15, -0.1) is 24.0 Å². The number of guanidine groups is 1. The van der Waals surface area contributed by atoms with Crippen molar-refractivity contribution in [2.24, 2.45) is 4.99 Å². The Bertz CT molecular complexity index is 529. The van der Waals surface area contributed by atoms with E-state index in [0.717, 1.165) is 62.7 Å². The fraction of sp³-hybridized carbons (Fsp3) is 0.611. The summed E-state index contributed by atoms with van der Waals surface area (Å²) < 4.78 is 5.38. The second-order valence-electron chi connectivity index (χ2n) is 6.01. The van der Waals surface area contributed by atoms with Crippen LogP contribution in [-0.2, 0) is 6.42 Å². The SMILES string of the molecule is CCNC(=NCCc1ccc(C)c(OC)c1)N1CCC(O)CC1.I. The lowest BCUT2D eigenvalue weighted by molar-refractivity contribution is 0.108. The van der Waals surface area contributed by atoms with Gasteiger partial charge in [-0.3, -0.25) is 4.99 Å². The number of nitrogens with zero attached hydrogens (tertiary/aromatic N) is 2. The van der Waals surface area contributed by atoms with E-state index in [9.17, 15) is 5.11 Å². The third-order valence-electron chi connectivity index (χ3n) is 4.23. The molecule has 6 heteroatoms. The molecule has 0 atom stereocenters. The molecule has 0 amide bonds. The minimum absolute atomic E-state index is 0. The number of hydrogen-bond acceptors (Lipinski definition) is 3. The Morgan fingerprint density at radius 2 is 2.08 bits per heavy atom. The van der Waals surface area contributed by atoms with E-state index in [2.05, 4.69) is 42.3 Å². The van der Waals surface area contributed by atoms with E-state index < -0.39 is 0 Å². The number of hydrogen-bond donors (Lipinski definition) is 2. The van der Waals surface area contributed by atoms with Gasteiger partial charge < -0.3 is 20.1 Å². The van der Waals surface area contributed by atoms with Crippen molar-refractivity contribution in [2.75, 3.05) is 33.3 Å². The highest BCUT2D eigenvalue weighted by Crippen LogP contribution is 2.19. The molecule has 136 valence electrons. The molecule has 0 aromatic heterocycles. The van der Waals surface area contributed by atoms with Crippen molar-refractivity contribution in [3.63, 3.8) is 0 Å². The topological polar surface area (TPSA) is 57.1 Å². The van der Waals surface area contributed by atoms with Crippen LogP contribution in [0.25, 0.3) is 0 Å². The molecular formula is C18H30IN3O2. The van der Waals surface area contributed by atoms with Crippen LogP contribution in [-0.4, -0.2) is 55.4 Å². The Morgan fingerprint density at radius 1 is 1.38 bits per heavy atom. The van der Waals surface area contributed by atoms with Crippen LogP contribution in [0.2, 0.25) is 0 Å². The number of benzene rings is 1. The number of methoxy groups -OCH3 is 1. The van der Waals surface area contributed by atoms with Crippen LogP contribution >= 0.6 is 24.0 Å². The first-order chi connectivity index (χ1) is 11.1. The first-order valence-electron chi connectivity index (χ1n) is 8.49. The molecule has 1 aromatic rings. The van der Waals surface area contributed by atoms with Crippen LogP contribution in [0, 0.1) is 6.92 Å². The molecule has 5 nitrogen and oxygen atoms in total. The molecule has 2 rings (SSSR count). The van der Waals surface area contributed by atoms with Gasteiger partial charge in [-0.05, 0) is 50.3 Å². The quantitative estimate of drug-likeness (QED) is 0.414. The Kier molecular flexibility index (Phi) is 9.43. The average molecular weight is 447 g/mol. The monoisotopic (exact) mass is 447 g/mol. The van der Waals surface area contributed by atoms with Crippen molar-refractivity contribution >= 4 is 29.9 Å². The van der Waals surface area contributed by atoms with Crippen molar-refractivity contribution < 1.29 is 9.84 Å². The zero-order valence-electron chi connectivity index (χ0n) is 14.9. The van der Waals surface area contributed by atoms with E-state index in [1.165, 1.54) is 5.56 Å². The van der Waals surface area contributed by atoms with Gasteiger partial charge in [-0.25, -0.2) is 0 Å². The normalized spacial score (nSPS) is 15.8. The largest absolute Gasteiger partial charge is 0.496 e. The lowest BCUT2D eigenvalue weighted by Gasteiger charge is -2.32. The summed E-state index contributed by atoms with van der Waals surface area (Å²) in [5.41, 5.74) is 2.39. The maximum absolute atomic E-state index is 9.64. The second-order valence-corrected chi connectivity index (χ2v) is 6.01. The van der Waals surface area contributed by atoms with Gasteiger partial charge in [-0.1, -0.05) is 12.1 Å². The van der Waals surface area contributed by atoms with E-state index in [4.69, 9.17) is 9.73 Å². The summed E-state index contributed by atoms with van der Waals surface area (Å²) in [7, 11) is 1.71. The third-order valence-corrected chi connectivity index (χ3v) is 4.23. The molecule has 24 heavy (non-hydrogen) atoms. The van der Waals surface area contributed by atoms with Gasteiger partial charge in [0.05, 0.1) is 13.2 Å². The highest BCUT2D eigenvalue weighted by Gasteiger charge is 2.19. The Labute approximate surface area is 162 Å². The zero-order valence-corrected chi connectivity index (χ0v) is 17.2. The lowest BCUT2D eigenvalue weighted by atomic mass is 10.1. The molecule has 1 saturated heterocycles. The summed E-state index contributed by atoms with van der Waals surface area (Å²) in [6, 6.07) is 6.32. The summed E-state index contributed by atoms with van der Waals surface area (Å²) >= 11 is 0. The molecule has 0 bridgehead atoms. The fourth-order valence-corrected chi connectivity index (χ4v) is 2.81. The van der Waals surface area contributed by atoms with E-state index >= 15 is 0 Å². The molecule has 0 aliphatic carbocycles. The number of piperidine rings is 1. The lowest BCUT2D eigenvalue weighted by Crippen LogP contribution is -2.46. The van der Waals surface area contributed by atoms with Crippen LogP contribution in [0.1, 0.15) is 30.9 Å². The highest BCUT2D eigenvalue weighted by molar-refractivity contribution is 14.0. The molecule has 0 unspecified atom stereocenters. The number of ether oxygens (including phenoxy) is 1. The molecule has 1 aliphatic heterocycles. The highest BCUT2D eigenvalue weighted by atomic mass is 127. The van der Waals surface area contributed by atoms with Crippen LogP contribution < -0.4 is 10.1 Å². The molecule has 1 aliphatic rings. The maximum Gasteiger partial charge on any atom is 0.193 e. The van der Waals surface area contributed by atoms with Crippen molar-refractivity contribution in [1.29, 1.82) is 0 Å². The number of halogens is 1. The summed E-state index contributed by atoms with van der Waals surface area (Å²) in [4.78, 5) is 6.99. The fourth-order valence-electron chi connectivity index (χ4n) is 2.81. The van der Waals surface area contributed by atoms with Gasteiger partial charge in [0.15, 0.2) is 5.96 Å². The van der Waals surface area contributed by atoms with Crippen LogP contribution in [0.5, 0.6) is 5.75 Å². The third kappa shape index (κ3) is 6.12. The van der Waals surface area contributed by atoms with Gasteiger partial charge in [0.25, 0.3) is 0 Å². The standard InChI is InChI=1S/C18H29N3O2.HI/c1-4-19-18(21-11-8-16(22)9-12-21)20-10-7-15-6-5-14(2)17(13-15)23-3;/h5-6,13,16,22H,4,7-12H2,1-3H3,(H,19,20);1H. The Hall–Kier alpha value is -1.02. The molecule has 1 fully saturated rings. The summed E-state index contributed by atoms with van der Waals surface area (Å²) in [6.07, 6.45) is 2.37. The smallest absolute Gasteiger partial charge is 0.193 e. The van der Waals surface area contributed by atoms with E-state index in [0.29, 0.717) is 0 Å². The van der Waals surface area contributed by atoms with E-state index in [-0.39, 0.29) is 30.1 Å². The molecule has 1 heterocycles. The number of nitrogens with one attached hydrogen (secondary N) is 1. The zero-order chi connectivity index (χ0) is 16.7. The molecule has 0 spiro atoms. The molecule has 1 aromatic carbocycles. The first kappa shape index (κ1) is 21.0. The number of likely N-dealkylation sites (tertiary alicyclic amines) is 1. The summed E-state index contributed by atoms with van der Waals surface area (Å²) in [6.45, 7) is 7.47. The van der Waals surface area contributed by atoms with Crippen LogP contribution in [0.3, 0.4) is 0 Å². The summed E-state index contributed by atoms with van der Waals surface area (Å²) in [5, 5.41) is 13.0. The molecule has 0 radical (unpaired) electrons. The number of aryl methyl sites for hydroxylation is 1. The number of rotatable bonds is 5. The number of aliphatic hydroxyl groups is 1. The maximum atomic E-state index is 9.64. The second kappa shape index (κ2) is 10.8. The summed E-state index contributed by atoms with van der Waals surface area (Å²) in [5.74, 6) is 1.89. The van der Waals surface area contributed by atoms with E-state index in [1.54, 1.807) is 7.11 Å².